The summed E-state index contributed by atoms with van der Waals surface area (Å²) in [5.41, 5.74) is 13.9. The Bertz CT molecular complexity index is 3870. The molecule has 0 bridgehead atoms. The maximum atomic E-state index is 5.31. The minimum absolute atomic E-state index is 0.557. The Hall–Kier alpha value is -8.52. The Morgan fingerprint density at radius 1 is 0.323 bits per heavy atom. The summed E-state index contributed by atoms with van der Waals surface area (Å²) in [6.07, 6.45) is 0. The topological polar surface area (TPSA) is 61.4 Å². The number of fused-ring (bicyclic) bond motifs is 8. The number of benzene rings is 9. The van der Waals surface area contributed by atoms with Gasteiger partial charge in [-0.3, -0.25) is 4.57 Å². The average molecular weight is 849 g/mol. The SMILES string of the molecule is c1ccc(-c2ccc(-c3cccc(-c4nc5cccc(-n6c7ccccc7c7ccc8c9ccccc9n(-c9nc(-c%10ccccc%10)nc(-c%10ccccc%10)n9)c8c76)c5s4)c3)cc2)cc1. The van der Waals surface area contributed by atoms with Gasteiger partial charge < -0.3 is 4.57 Å². The van der Waals surface area contributed by atoms with Crippen LogP contribution in [0.25, 0.3) is 121 Å². The molecule has 0 radical (unpaired) electrons. The van der Waals surface area contributed by atoms with Crippen molar-refractivity contribution in [3.05, 3.63) is 218 Å². The van der Waals surface area contributed by atoms with Crippen LogP contribution in [0.3, 0.4) is 0 Å². The van der Waals surface area contributed by atoms with Gasteiger partial charge in [0.15, 0.2) is 11.6 Å². The van der Waals surface area contributed by atoms with Crippen LogP contribution in [0.15, 0.2) is 218 Å². The second-order valence-corrected chi connectivity index (χ2v) is 17.2. The first-order valence-corrected chi connectivity index (χ1v) is 22.5. The third kappa shape index (κ3) is 6.16. The fourth-order valence-electron chi connectivity index (χ4n) is 9.41. The van der Waals surface area contributed by atoms with E-state index in [2.05, 4.69) is 191 Å². The molecule has 0 aliphatic heterocycles. The van der Waals surface area contributed by atoms with Gasteiger partial charge in [0.1, 0.15) is 5.01 Å². The Kier molecular flexibility index (Phi) is 8.60. The van der Waals surface area contributed by atoms with Gasteiger partial charge in [-0.1, -0.05) is 188 Å². The predicted molar refractivity (Wildman–Crippen MR) is 269 cm³/mol. The van der Waals surface area contributed by atoms with E-state index in [4.69, 9.17) is 19.9 Å². The summed E-state index contributed by atoms with van der Waals surface area (Å²) in [6.45, 7) is 0. The minimum atomic E-state index is 0.557. The molecule has 6 nitrogen and oxygen atoms in total. The zero-order valence-corrected chi connectivity index (χ0v) is 35.7. The molecule has 0 N–H and O–H groups in total. The predicted octanol–water partition coefficient (Wildman–Crippen LogP) is 15.0. The summed E-state index contributed by atoms with van der Waals surface area (Å²) in [4.78, 5) is 21.0. The van der Waals surface area contributed by atoms with Crippen LogP contribution in [0.5, 0.6) is 0 Å². The van der Waals surface area contributed by atoms with Gasteiger partial charge in [-0.25, -0.2) is 9.97 Å². The first-order chi connectivity index (χ1) is 32.2. The van der Waals surface area contributed by atoms with Crippen molar-refractivity contribution in [1.82, 2.24) is 29.1 Å². The quantitative estimate of drug-likeness (QED) is 0.160. The zero-order chi connectivity index (χ0) is 42.8. The van der Waals surface area contributed by atoms with Crippen molar-refractivity contribution in [2.45, 2.75) is 0 Å². The number of thiazole rings is 1. The lowest BCUT2D eigenvalue weighted by atomic mass is 9.99. The maximum Gasteiger partial charge on any atom is 0.238 e. The van der Waals surface area contributed by atoms with E-state index in [1.54, 1.807) is 11.3 Å². The van der Waals surface area contributed by atoms with Crippen molar-refractivity contribution in [2.75, 3.05) is 0 Å². The molecule has 4 heterocycles. The molecule has 0 saturated carbocycles. The van der Waals surface area contributed by atoms with Gasteiger partial charge in [-0.15, -0.1) is 11.3 Å². The second kappa shape index (κ2) is 15.1. The van der Waals surface area contributed by atoms with Crippen LogP contribution in [-0.2, 0) is 0 Å². The van der Waals surface area contributed by atoms with Gasteiger partial charge in [0.25, 0.3) is 0 Å². The van der Waals surface area contributed by atoms with E-state index in [9.17, 15) is 0 Å². The lowest BCUT2D eigenvalue weighted by molar-refractivity contribution is 0.953. The molecule has 304 valence electrons. The molecule has 13 rings (SSSR count). The van der Waals surface area contributed by atoms with Crippen molar-refractivity contribution >= 4 is 65.2 Å². The summed E-state index contributed by atoms with van der Waals surface area (Å²) in [5.74, 6) is 1.78. The molecule has 13 aromatic rings. The normalized spacial score (nSPS) is 11.7. The van der Waals surface area contributed by atoms with Crippen LogP contribution >= 0.6 is 11.3 Å². The highest BCUT2D eigenvalue weighted by molar-refractivity contribution is 7.22. The molecule has 0 aliphatic carbocycles. The molecule has 0 fully saturated rings. The van der Waals surface area contributed by atoms with E-state index >= 15 is 0 Å². The lowest BCUT2D eigenvalue weighted by Gasteiger charge is -2.13. The highest BCUT2D eigenvalue weighted by Crippen LogP contribution is 2.44. The van der Waals surface area contributed by atoms with Crippen molar-refractivity contribution < 1.29 is 0 Å². The van der Waals surface area contributed by atoms with E-state index in [-0.39, 0.29) is 0 Å². The van der Waals surface area contributed by atoms with E-state index in [0.717, 1.165) is 81.4 Å². The third-order valence-corrected chi connectivity index (χ3v) is 13.6. The van der Waals surface area contributed by atoms with Gasteiger partial charge in [0.05, 0.1) is 38.0 Å². The Balaban J connectivity index is 1.04. The van der Waals surface area contributed by atoms with Gasteiger partial charge in [0.2, 0.25) is 5.95 Å². The van der Waals surface area contributed by atoms with Crippen molar-refractivity contribution in [3.8, 4) is 67.2 Å². The smallest absolute Gasteiger partial charge is 0.238 e. The summed E-state index contributed by atoms with van der Waals surface area (Å²) >= 11 is 1.73. The van der Waals surface area contributed by atoms with Crippen molar-refractivity contribution in [2.24, 2.45) is 0 Å². The molecule has 65 heavy (non-hydrogen) atoms. The second-order valence-electron chi connectivity index (χ2n) is 16.2. The van der Waals surface area contributed by atoms with Crippen LogP contribution in [0, 0.1) is 0 Å². The molecule has 0 amide bonds. The Labute approximate surface area is 378 Å². The van der Waals surface area contributed by atoms with Gasteiger partial charge in [0, 0.05) is 38.2 Å². The largest absolute Gasteiger partial charge is 0.306 e. The fraction of sp³-hybridized carbons (Fsp3) is 0. The van der Waals surface area contributed by atoms with Crippen LogP contribution in [-0.4, -0.2) is 29.1 Å². The molecule has 0 saturated heterocycles. The van der Waals surface area contributed by atoms with Crippen LogP contribution < -0.4 is 0 Å². The number of hydrogen-bond donors (Lipinski definition) is 0. The third-order valence-electron chi connectivity index (χ3n) is 12.4. The monoisotopic (exact) mass is 848 g/mol. The summed E-state index contributed by atoms with van der Waals surface area (Å²) in [7, 11) is 0. The van der Waals surface area contributed by atoms with Crippen molar-refractivity contribution in [3.63, 3.8) is 0 Å². The lowest BCUT2D eigenvalue weighted by Crippen LogP contribution is -2.07. The van der Waals surface area contributed by atoms with E-state index < -0.39 is 0 Å². The standard InChI is InChI=1S/C58H36N6S/c1-4-16-37(17-5-1)38-30-32-39(33-31-38)42-22-14-23-43(36-42)57-59-48-26-15-29-51(54(48)65-57)63-49-27-12-10-24-44(49)46-34-35-47-45-25-11-13-28-50(45)64(53(47)52(46)63)58-61-55(40-18-6-2-7-19-40)60-56(62-58)41-20-8-3-9-21-41/h1-36H. The molecule has 0 aliphatic rings. The van der Waals surface area contributed by atoms with E-state index in [1.807, 2.05) is 36.4 Å². The zero-order valence-electron chi connectivity index (χ0n) is 34.9. The Morgan fingerprint density at radius 2 is 0.800 bits per heavy atom. The van der Waals surface area contributed by atoms with Crippen LogP contribution in [0.2, 0.25) is 0 Å². The Morgan fingerprint density at radius 3 is 1.43 bits per heavy atom. The number of aromatic nitrogens is 6. The first kappa shape index (κ1) is 37.1. The summed E-state index contributed by atoms with van der Waals surface area (Å²) < 4.78 is 5.80. The number of para-hydroxylation sites is 2. The molecule has 4 aromatic heterocycles. The average Bonchev–Trinajstić information content (AvgIpc) is 4.08. The van der Waals surface area contributed by atoms with Crippen LogP contribution in [0.1, 0.15) is 0 Å². The molecule has 7 heteroatoms. The first-order valence-electron chi connectivity index (χ1n) is 21.7. The van der Waals surface area contributed by atoms with Gasteiger partial charge >= 0.3 is 0 Å². The minimum Gasteiger partial charge on any atom is -0.306 e. The molecule has 0 unspecified atom stereocenters. The molecule has 9 aromatic carbocycles. The van der Waals surface area contributed by atoms with Crippen molar-refractivity contribution in [1.29, 1.82) is 0 Å². The van der Waals surface area contributed by atoms with E-state index in [0.29, 0.717) is 17.6 Å². The van der Waals surface area contributed by atoms with Gasteiger partial charge in [-0.05, 0) is 52.6 Å². The van der Waals surface area contributed by atoms with Crippen LogP contribution in [0.4, 0.5) is 0 Å². The molecular weight excluding hydrogens is 813 g/mol. The highest BCUT2D eigenvalue weighted by atomic mass is 32.1. The van der Waals surface area contributed by atoms with E-state index in [1.165, 1.54) is 22.1 Å². The summed E-state index contributed by atoms with van der Waals surface area (Å²) in [6, 6.07) is 76.8. The highest BCUT2D eigenvalue weighted by Gasteiger charge is 2.25. The molecule has 0 spiro atoms. The molecular formula is C58H36N6S. The number of nitrogens with zero attached hydrogens (tertiary/aromatic N) is 6. The summed E-state index contributed by atoms with van der Waals surface area (Å²) in [5, 5.41) is 5.52. The van der Waals surface area contributed by atoms with Gasteiger partial charge in [-0.2, -0.15) is 9.97 Å². The molecule has 0 atom stereocenters. The maximum absolute atomic E-state index is 5.31. The fourth-order valence-corrected chi connectivity index (χ4v) is 10.5. The number of rotatable bonds is 7. The number of hydrogen-bond acceptors (Lipinski definition) is 5.